The number of rotatable bonds is 4. The van der Waals surface area contributed by atoms with Crippen LogP contribution in [0.15, 0.2) is 85.3 Å². The fourth-order valence-corrected chi connectivity index (χ4v) is 3.81. The van der Waals surface area contributed by atoms with Gasteiger partial charge in [0.25, 0.3) is 11.4 Å². The molecule has 32 heavy (non-hydrogen) atoms. The molecule has 3 aromatic carbocycles. The lowest BCUT2D eigenvalue weighted by Crippen LogP contribution is -2.35. The first kappa shape index (κ1) is 20.1. The van der Waals surface area contributed by atoms with E-state index in [1.165, 1.54) is 12.1 Å². The average molecular weight is 493 g/mol. The van der Waals surface area contributed by atoms with Gasteiger partial charge in [-0.1, -0.05) is 51.4 Å². The Labute approximate surface area is 188 Å². The van der Waals surface area contributed by atoms with Crippen LogP contribution in [0.1, 0.15) is 5.56 Å². The lowest BCUT2D eigenvalue weighted by molar-refractivity contribution is 0.432. The van der Waals surface area contributed by atoms with Crippen molar-refractivity contribution >= 4 is 26.8 Å². The first-order chi connectivity index (χ1) is 15.5. The molecule has 0 amide bonds. The monoisotopic (exact) mass is 492 g/mol. The number of hydrogen-bond donors (Lipinski definition) is 1. The molecule has 0 aliphatic rings. The van der Waals surface area contributed by atoms with E-state index in [1.807, 2.05) is 24.3 Å². The second-order valence-electron chi connectivity index (χ2n) is 7.11. The van der Waals surface area contributed by atoms with Crippen LogP contribution < -0.4 is 11.2 Å². The molecule has 5 rings (SSSR count). The molecule has 0 saturated heterocycles. The number of halogens is 2. The molecule has 1 N–H and O–H groups in total. The van der Waals surface area contributed by atoms with Crippen LogP contribution in [0.25, 0.3) is 33.7 Å². The molecular formula is C23H14BrFN4O3. The first-order valence-corrected chi connectivity index (χ1v) is 10.4. The third-order valence-corrected chi connectivity index (χ3v) is 5.52. The zero-order valence-corrected chi connectivity index (χ0v) is 18.0. The van der Waals surface area contributed by atoms with Crippen LogP contribution in [-0.2, 0) is 6.54 Å². The van der Waals surface area contributed by atoms with E-state index in [0.29, 0.717) is 16.9 Å². The van der Waals surface area contributed by atoms with E-state index in [1.54, 1.807) is 30.3 Å². The van der Waals surface area contributed by atoms with Crippen LogP contribution >= 0.6 is 15.9 Å². The smallest absolute Gasteiger partial charge is 0.329 e. The van der Waals surface area contributed by atoms with Gasteiger partial charge < -0.3 is 9.51 Å². The number of hydrogen-bond acceptors (Lipinski definition) is 5. The topological polar surface area (TPSA) is 93.8 Å². The summed E-state index contributed by atoms with van der Waals surface area (Å²) in [4.78, 5) is 32.6. The Morgan fingerprint density at radius 3 is 2.66 bits per heavy atom. The second kappa shape index (κ2) is 8.01. The van der Waals surface area contributed by atoms with Gasteiger partial charge in [-0.15, -0.1) is 0 Å². The van der Waals surface area contributed by atoms with Crippen molar-refractivity contribution in [3.05, 3.63) is 103 Å². The number of aromatic nitrogens is 4. The summed E-state index contributed by atoms with van der Waals surface area (Å²) in [6.07, 6.45) is 0. The van der Waals surface area contributed by atoms with Crippen molar-refractivity contribution in [2.45, 2.75) is 6.54 Å². The number of nitrogens with one attached hydrogen (secondary N) is 1. The van der Waals surface area contributed by atoms with E-state index in [0.717, 1.165) is 14.6 Å². The van der Waals surface area contributed by atoms with Gasteiger partial charge in [-0.2, -0.15) is 4.98 Å². The van der Waals surface area contributed by atoms with Crippen molar-refractivity contribution in [2.75, 3.05) is 0 Å². The highest BCUT2D eigenvalue weighted by Gasteiger charge is 2.14. The maximum absolute atomic E-state index is 14.0. The highest BCUT2D eigenvalue weighted by molar-refractivity contribution is 9.10. The predicted octanol–water partition coefficient (Wildman–Crippen LogP) is 4.36. The molecule has 2 aromatic heterocycles. The Balaban J connectivity index is 1.54. The first-order valence-electron chi connectivity index (χ1n) is 9.60. The van der Waals surface area contributed by atoms with Crippen LogP contribution in [-0.4, -0.2) is 19.7 Å². The van der Waals surface area contributed by atoms with Crippen LogP contribution in [0.5, 0.6) is 0 Å². The van der Waals surface area contributed by atoms with Gasteiger partial charge in [0, 0.05) is 21.2 Å². The van der Waals surface area contributed by atoms with E-state index in [9.17, 15) is 14.0 Å². The Kier molecular flexibility index (Phi) is 5.02. The van der Waals surface area contributed by atoms with E-state index in [4.69, 9.17) is 4.52 Å². The van der Waals surface area contributed by atoms with Crippen LogP contribution in [0.3, 0.4) is 0 Å². The summed E-state index contributed by atoms with van der Waals surface area (Å²) < 4.78 is 21.2. The fourth-order valence-electron chi connectivity index (χ4n) is 3.41. The summed E-state index contributed by atoms with van der Waals surface area (Å²) in [5.41, 5.74) is 0.751. The highest BCUT2D eigenvalue weighted by Crippen LogP contribution is 2.25. The van der Waals surface area contributed by atoms with E-state index in [2.05, 4.69) is 31.1 Å². The lowest BCUT2D eigenvalue weighted by atomic mass is 10.1. The average Bonchev–Trinajstić information content (AvgIpc) is 3.28. The van der Waals surface area contributed by atoms with Gasteiger partial charge in [-0.3, -0.25) is 9.36 Å². The van der Waals surface area contributed by atoms with Crippen molar-refractivity contribution in [1.29, 1.82) is 0 Å². The van der Waals surface area contributed by atoms with Gasteiger partial charge in [-0.25, -0.2) is 9.18 Å². The molecule has 0 spiro atoms. The minimum Gasteiger partial charge on any atom is -0.334 e. The summed E-state index contributed by atoms with van der Waals surface area (Å²) >= 11 is 3.41. The Morgan fingerprint density at radius 1 is 1.00 bits per heavy atom. The van der Waals surface area contributed by atoms with Crippen LogP contribution in [0, 0.1) is 5.82 Å². The minimum absolute atomic E-state index is 0.168. The quantitative estimate of drug-likeness (QED) is 0.402. The number of benzene rings is 3. The van der Waals surface area contributed by atoms with Crippen molar-refractivity contribution in [3.63, 3.8) is 0 Å². The van der Waals surface area contributed by atoms with Crippen LogP contribution in [0.2, 0.25) is 0 Å². The summed E-state index contributed by atoms with van der Waals surface area (Å²) in [6.45, 7) is -0.168. The molecule has 0 atom stereocenters. The third kappa shape index (κ3) is 3.67. The normalized spacial score (nSPS) is 11.2. The predicted molar refractivity (Wildman–Crippen MR) is 121 cm³/mol. The molecule has 5 aromatic rings. The highest BCUT2D eigenvalue weighted by atomic mass is 79.9. The fraction of sp³-hybridized carbons (Fsp3) is 0.0435. The largest absolute Gasteiger partial charge is 0.334 e. The molecule has 0 aliphatic carbocycles. The number of aromatic amines is 1. The number of H-pyrrole nitrogens is 1. The lowest BCUT2D eigenvalue weighted by Gasteiger charge is -2.08. The van der Waals surface area contributed by atoms with E-state index >= 15 is 0 Å². The van der Waals surface area contributed by atoms with Gasteiger partial charge in [0.05, 0.1) is 17.4 Å². The third-order valence-electron chi connectivity index (χ3n) is 5.02. The van der Waals surface area contributed by atoms with E-state index in [-0.39, 0.29) is 23.4 Å². The molecule has 9 heteroatoms. The van der Waals surface area contributed by atoms with Gasteiger partial charge in [-0.05, 0) is 36.4 Å². The molecule has 0 radical (unpaired) electrons. The molecule has 0 aliphatic heterocycles. The SMILES string of the molecule is O=c1[nH]c2cc(-c3nc(-c4cccc(Br)c4)no3)ccc2c(=O)n1Cc1ccccc1F. The van der Waals surface area contributed by atoms with Gasteiger partial charge >= 0.3 is 5.69 Å². The molecule has 0 unspecified atom stereocenters. The summed E-state index contributed by atoms with van der Waals surface area (Å²) in [7, 11) is 0. The molecular weight excluding hydrogens is 479 g/mol. The van der Waals surface area contributed by atoms with Crippen molar-refractivity contribution in [3.8, 4) is 22.8 Å². The van der Waals surface area contributed by atoms with Crippen molar-refractivity contribution in [2.24, 2.45) is 0 Å². The maximum atomic E-state index is 14.0. The van der Waals surface area contributed by atoms with Gasteiger partial charge in [0.2, 0.25) is 5.82 Å². The van der Waals surface area contributed by atoms with Crippen molar-refractivity contribution < 1.29 is 8.91 Å². The molecule has 0 fully saturated rings. The zero-order chi connectivity index (χ0) is 22.2. The van der Waals surface area contributed by atoms with Crippen molar-refractivity contribution in [1.82, 2.24) is 19.7 Å². The Morgan fingerprint density at radius 2 is 1.84 bits per heavy atom. The second-order valence-corrected chi connectivity index (χ2v) is 8.02. The summed E-state index contributed by atoms with van der Waals surface area (Å²) in [6, 6.07) is 18.3. The molecule has 2 heterocycles. The number of nitrogens with zero attached hydrogens (tertiary/aromatic N) is 3. The molecule has 0 saturated carbocycles. The Hall–Kier alpha value is -3.85. The molecule has 158 valence electrons. The maximum Gasteiger partial charge on any atom is 0.329 e. The molecule has 7 nitrogen and oxygen atoms in total. The summed E-state index contributed by atoms with van der Waals surface area (Å²) in [5, 5.41) is 4.30. The Bertz CT molecular complexity index is 1590. The van der Waals surface area contributed by atoms with Gasteiger partial charge in [0.15, 0.2) is 0 Å². The van der Waals surface area contributed by atoms with Crippen LogP contribution in [0.4, 0.5) is 4.39 Å². The summed E-state index contributed by atoms with van der Waals surface area (Å²) in [5.74, 6) is 0.181. The van der Waals surface area contributed by atoms with E-state index < -0.39 is 17.1 Å². The molecule has 0 bridgehead atoms. The number of fused-ring (bicyclic) bond motifs is 1. The standard InChI is InChI=1S/C23H14BrFN4O3/c24-16-6-3-5-13(10-16)20-27-21(32-28-20)14-8-9-17-19(11-14)26-23(31)29(22(17)30)12-15-4-1-2-7-18(15)25/h1-11H,12H2,(H,26,31). The zero-order valence-electron chi connectivity index (χ0n) is 16.4. The minimum atomic E-state index is -0.636. The van der Waals surface area contributed by atoms with Gasteiger partial charge in [0.1, 0.15) is 5.82 Å².